The second kappa shape index (κ2) is 8.04. The summed E-state index contributed by atoms with van der Waals surface area (Å²) >= 11 is 1.79. The molecule has 0 radical (unpaired) electrons. The third-order valence-electron chi connectivity index (χ3n) is 4.70. The number of carbonyl (C=O) groups is 2. The number of anilines is 1. The van der Waals surface area contributed by atoms with E-state index in [9.17, 15) is 9.59 Å². The number of nitrogens with two attached hydrogens (primary N) is 1. The second-order valence-corrected chi connectivity index (χ2v) is 8.30. The van der Waals surface area contributed by atoms with E-state index in [0.717, 1.165) is 17.0 Å². The first-order valence-corrected chi connectivity index (χ1v) is 10.1. The van der Waals surface area contributed by atoms with Crippen molar-refractivity contribution in [2.24, 2.45) is 5.73 Å². The van der Waals surface area contributed by atoms with Crippen molar-refractivity contribution in [3.8, 4) is 11.4 Å². The number of aromatic nitrogens is 4. The molecular weight excluding hydrogens is 388 g/mol. The highest BCUT2D eigenvalue weighted by Crippen LogP contribution is 2.37. The summed E-state index contributed by atoms with van der Waals surface area (Å²) in [6.45, 7) is 2.82. The summed E-state index contributed by atoms with van der Waals surface area (Å²) < 4.78 is 0. The van der Waals surface area contributed by atoms with Crippen molar-refractivity contribution in [1.29, 1.82) is 0 Å². The van der Waals surface area contributed by atoms with Crippen molar-refractivity contribution in [2.45, 2.75) is 30.0 Å². The van der Waals surface area contributed by atoms with Gasteiger partial charge in [-0.1, -0.05) is 31.2 Å². The molecule has 29 heavy (non-hydrogen) atoms. The molecule has 148 valence electrons. The SMILES string of the molecule is C[C@@H]1CCN(C(=O)Cn2nnc(-c3ccc(C(N)=O)cc3)n2)c2ccccc2S1. The van der Waals surface area contributed by atoms with Gasteiger partial charge < -0.3 is 10.6 Å². The van der Waals surface area contributed by atoms with Crippen LogP contribution in [0.4, 0.5) is 5.69 Å². The quantitative estimate of drug-likeness (QED) is 0.710. The normalized spacial score (nSPS) is 16.2. The number of carbonyl (C=O) groups excluding carboxylic acids is 2. The first kappa shape index (κ1) is 19.1. The number of tetrazole rings is 1. The molecule has 0 saturated heterocycles. The van der Waals surface area contributed by atoms with Crippen LogP contribution in [-0.4, -0.2) is 43.8 Å². The van der Waals surface area contributed by atoms with Crippen LogP contribution >= 0.6 is 11.8 Å². The number of para-hydroxylation sites is 1. The van der Waals surface area contributed by atoms with Gasteiger partial charge in [0.05, 0.1) is 5.69 Å². The Kier molecular flexibility index (Phi) is 5.30. The largest absolute Gasteiger partial charge is 0.366 e. The Morgan fingerprint density at radius 2 is 1.93 bits per heavy atom. The van der Waals surface area contributed by atoms with Gasteiger partial charge in [-0.25, -0.2) is 0 Å². The number of thioether (sulfide) groups is 1. The molecule has 3 aromatic rings. The number of fused-ring (bicyclic) bond motifs is 1. The summed E-state index contributed by atoms with van der Waals surface area (Å²) in [5.74, 6) is -0.196. The number of hydrogen-bond donors (Lipinski definition) is 1. The minimum absolute atomic E-state index is 0.000247. The third kappa shape index (κ3) is 4.14. The molecule has 2 amide bonds. The number of rotatable bonds is 4. The first-order valence-electron chi connectivity index (χ1n) is 9.25. The standard InChI is InChI=1S/C20H20N6O2S/c1-13-10-11-25(16-4-2-3-5-17(16)29-13)18(27)12-26-23-20(22-24-26)15-8-6-14(7-9-15)19(21)28/h2-9,13H,10-12H2,1H3,(H2,21,28)/t13-/m1/s1. The van der Waals surface area contributed by atoms with Gasteiger partial charge in [-0.15, -0.1) is 22.0 Å². The molecule has 2 aromatic carbocycles. The van der Waals surface area contributed by atoms with Crippen LogP contribution in [0.2, 0.25) is 0 Å². The van der Waals surface area contributed by atoms with Crippen molar-refractivity contribution in [3.63, 3.8) is 0 Å². The van der Waals surface area contributed by atoms with Crippen LogP contribution in [0, 0.1) is 0 Å². The molecule has 0 bridgehead atoms. The summed E-state index contributed by atoms with van der Waals surface area (Å²) in [6, 6.07) is 14.6. The number of benzene rings is 2. The van der Waals surface area contributed by atoms with E-state index in [4.69, 9.17) is 5.73 Å². The highest BCUT2D eigenvalue weighted by molar-refractivity contribution is 8.00. The lowest BCUT2D eigenvalue weighted by atomic mass is 10.1. The fourth-order valence-electron chi connectivity index (χ4n) is 3.16. The van der Waals surface area contributed by atoms with Crippen molar-refractivity contribution in [1.82, 2.24) is 20.2 Å². The topological polar surface area (TPSA) is 107 Å². The number of hydrogen-bond acceptors (Lipinski definition) is 6. The Morgan fingerprint density at radius 1 is 1.17 bits per heavy atom. The lowest BCUT2D eigenvalue weighted by Crippen LogP contribution is -2.35. The molecule has 0 saturated carbocycles. The van der Waals surface area contributed by atoms with E-state index in [1.807, 2.05) is 24.3 Å². The number of nitrogens with zero attached hydrogens (tertiary/aromatic N) is 5. The molecule has 4 rings (SSSR count). The highest BCUT2D eigenvalue weighted by atomic mass is 32.2. The van der Waals surface area contributed by atoms with Crippen molar-refractivity contribution in [2.75, 3.05) is 11.4 Å². The molecule has 2 N–H and O–H groups in total. The molecule has 9 heteroatoms. The van der Waals surface area contributed by atoms with E-state index in [1.54, 1.807) is 40.9 Å². The minimum atomic E-state index is -0.496. The molecule has 0 unspecified atom stereocenters. The maximum atomic E-state index is 13.0. The molecule has 0 spiro atoms. The maximum Gasteiger partial charge on any atom is 0.250 e. The fraction of sp³-hybridized carbons (Fsp3) is 0.250. The first-order chi connectivity index (χ1) is 14.0. The Labute approximate surface area is 172 Å². The predicted molar refractivity (Wildman–Crippen MR) is 111 cm³/mol. The van der Waals surface area contributed by atoms with Crippen molar-refractivity contribution < 1.29 is 9.59 Å². The second-order valence-electron chi connectivity index (χ2n) is 6.82. The lowest BCUT2D eigenvalue weighted by molar-refractivity contribution is -0.119. The number of primary amides is 1. The zero-order valence-corrected chi connectivity index (χ0v) is 16.7. The van der Waals surface area contributed by atoms with Gasteiger partial charge in [0.25, 0.3) is 5.91 Å². The molecule has 1 aliphatic rings. The molecule has 0 fully saturated rings. The molecule has 1 atom stereocenters. The molecule has 8 nitrogen and oxygen atoms in total. The van der Waals surface area contributed by atoms with Gasteiger partial charge in [0.15, 0.2) is 0 Å². The van der Waals surface area contributed by atoms with Crippen LogP contribution in [0.1, 0.15) is 23.7 Å². The Hall–Kier alpha value is -3.20. The van der Waals surface area contributed by atoms with Crippen molar-refractivity contribution >= 4 is 29.3 Å². The van der Waals surface area contributed by atoms with Crippen LogP contribution in [-0.2, 0) is 11.3 Å². The van der Waals surface area contributed by atoms with Gasteiger partial charge in [0.2, 0.25) is 11.7 Å². The summed E-state index contributed by atoms with van der Waals surface area (Å²) in [5.41, 5.74) is 7.28. The van der Waals surface area contributed by atoms with Gasteiger partial charge >= 0.3 is 0 Å². The van der Waals surface area contributed by atoms with E-state index >= 15 is 0 Å². The van der Waals surface area contributed by atoms with E-state index in [-0.39, 0.29) is 12.5 Å². The van der Waals surface area contributed by atoms with E-state index < -0.39 is 5.91 Å². The predicted octanol–water partition coefficient (Wildman–Crippen LogP) is 2.36. The average molecular weight is 408 g/mol. The van der Waals surface area contributed by atoms with Crippen LogP contribution in [0.5, 0.6) is 0 Å². The summed E-state index contributed by atoms with van der Waals surface area (Å²) in [7, 11) is 0. The third-order valence-corrected chi connectivity index (χ3v) is 5.94. The van der Waals surface area contributed by atoms with E-state index in [2.05, 4.69) is 22.3 Å². The van der Waals surface area contributed by atoms with Crippen LogP contribution in [0.15, 0.2) is 53.4 Å². The maximum absolute atomic E-state index is 13.0. The van der Waals surface area contributed by atoms with Crippen LogP contribution < -0.4 is 10.6 Å². The molecule has 1 aromatic heterocycles. The molecular formula is C20H20N6O2S. The molecule has 0 aliphatic carbocycles. The summed E-state index contributed by atoms with van der Waals surface area (Å²) in [5, 5.41) is 12.8. The minimum Gasteiger partial charge on any atom is -0.366 e. The van der Waals surface area contributed by atoms with Gasteiger partial charge in [-0.3, -0.25) is 9.59 Å². The lowest BCUT2D eigenvalue weighted by Gasteiger charge is -2.22. The van der Waals surface area contributed by atoms with Gasteiger partial charge in [-0.05, 0) is 35.9 Å². The average Bonchev–Trinajstić information content (AvgIpc) is 3.10. The van der Waals surface area contributed by atoms with Gasteiger partial charge in [0.1, 0.15) is 6.54 Å². The molecule has 2 heterocycles. The highest BCUT2D eigenvalue weighted by Gasteiger charge is 2.24. The Balaban J connectivity index is 1.51. The Morgan fingerprint density at radius 3 is 2.69 bits per heavy atom. The van der Waals surface area contributed by atoms with E-state index in [1.165, 1.54) is 4.80 Å². The summed E-state index contributed by atoms with van der Waals surface area (Å²) in [4.78, 5) is 28.4. The smallest absolute Gasteiger partial charge is 0.250 e. The summed E-state index contributed by atoms with van der Waals surface area (Å²) in [6.07, 6.45) is 0.910. The zero-order valence-electron chi connectivity index (χ0n) is 15.9. The van der Waals surface area contributed by atoms with Crippen LogP contribution in [0.25, 0.3) is 11.4 Å². The van der Waals surface area contributed by atoms with Gasteiger partial charge in [0, 0.05) is 27.8 Å². The number of amides is 2. The monoisotopic (exact) mass is 408 g/mol. The van der Waals surface area contributed by atoms with E-state index in [0.29, 0.717) is 28.7 Å². The van der Waals surface area contributed by atoms with Gasteiger partial charge in [-0.2, -0.15) is 4.80 Å². The Bertz CT molecular complexity index is 1050. The fourth-order valence-corrected chi connectivity index (χ4v) is 4.27. The van der Waals surface area contributed by atoms with Crippen molar-refractivity contribution in [3.05, 3.63) is 54.1 Å². The molecule has 1 aliphatic heterocycles. The van der Waals surface area contributed by atoms with Crippen LogP contribution in [0.3, 0.4) is 0 Å². The zero-order chi connectivity index (χ0) is 20.4.